The van der Waals surface area contributed by atoms with Crippen LogP contribution >= 0.6 is 33.2 Å². The Balaban J connectivity index is 1.72. The highest BCUT2D eigenvalue weighted by molar-refractivity contribution is 8.76. The van der Waals surface area contributed by atoms with Gasteiger partial charge in [-0.1, -0.05) is 63.9 Å². The number of hydrogen-bond donors (Lipinski definition) is 2. The van der Waals surface area contributed by atoms with Crippen LogP contribution in [0.15, 0.2) is 35.9 Å². The number of anilines is 1. The van der Waals surface area contributed by atoms with Gasteiger partial charge in [-0.2, -0.15) is 0 Å². The molecule has 0 radical (unpaired) electrons. The first-order valence-corrected chi connectivity index (χ1v) is 20.6. The van der Waals surface area contributed by atoms with Gasteiger partial charge in [-0.25, -0.2) is 9.59 Å². The molecule has 0 saturated carbocycles. The lowest BCUT2D eigenvalue weighted by atomic mass is 9.83. The molecule has 0 aromatic heterocycles. The van der Waals surface area contributed by atoms with E-state index < -0.39 is 65.7 Å². The van der Waals surface area contributed by atoms with Gasteiger partial charge in [-0.15, -0.1) is 0 Å². The molecular weight excluding hydrogens is 746 g/mol. The van der Waals surface area contributed by atoms with Crippen molar-refractivity contribution in [1.29, 1.82) is 0 Å². The Morgan fingerprint density at radius 3 is 2.64 bits per heavy atom. The van der Waals surface area contributed by atoms with Crippen LogP contribution in [0, 0.1) is 5.92 Å². The number of rotatable bonds is 10. The second-order valence-electron chi connectivity index (χ2n) is 14.0. The zero-order valence-corrected chi connectivity index (χ0v) is 34.2. The highest BCUT2D eigenvalue weighted by atomic mass is 35.5. The van der Waals surface area contributed by atoms with E-state index in [1.807, 2.05) is 19.3 Å². The van der Waals surface area contributed by atoms with E-state index in [2.05, 4.69) is 5.32 Å². The molecule has 53 heavy (non-hydrogen) atoms. The number of fused-ring (bicyclic) bond motifs is 5. The second kappa shape index (κ2) is 18.1. The van der Waals surface area contributed by atoms with Gasteiger partial charge in [0.05, 0.1) is 25.3 Å². The smallest absolute Gasteiger partial charge is 0.409 e. The van der Waals surface area contributed by atoms with Crippen molar-refractivity contribution in [3.8, 4) is 5.75 Å². The molecule has 3 amide bonds. The molecule has 0 aliphatic carbocycles. The Morgan fingerprint density at radius 2 is 1.98 bits per heavy atom. The van der Waals surface area contributed by atoms with E-state index in [0.717, 1.165) is 16.9 Å². The van der Waals surface area contributed by atoms with Gasteiger partial charge in [0.2, 0.25) is 11.8 Å². The molecule has 2 N–H and O–H groups in total. The van der Waals surface area contributed by atoms with Crippen molar-refractivity contribution in [2.75, 3.05) is 45.2 Å². The first kappa shape index (κ1) is 42.8. The van der Waals surface area contributed by atoms with Crippen molar-refractivity contribution in [1.82, 2.24) is 10.2 Å². The molecule has 1 aromatic carbocycles. The maximum absolute atomic E-state index is 14.1. The molecular formula is C37H52ClN3O10S2. The summed E-state index contributed by atoms with van der Waals surface area (Å²) in [6.45, 7) is 7.04. The highest BCUT2D eigenvalue weighted by Gasteiger charge is 2.64. The van der Waals surface area contributed by atoms with E-state index in [-0.39, 0.29) is 30.2 Å². The lowest BCUT2D eigenvalue weighted by molar-refractivity contribution is -0.162. The van der Waals surface area contributed by atoms with Crippen LogP contribution in [0.4, 0.5) is 10.5 Å². The number of allylic oxidation sites excluding steroid dienone is 3. The summed E-state index contributed by atoms with van der Waals surface area (Å²) >= 11 is 6.76. The molecule has 3 aliphatic heterocycles. The maximum Gasteiger partial charge on any atom is 0.409 e. The van der Waals surface area contributed by atoms with Gasteiger partial charge in [0.15, 0.2) is 5.72 Å². The lowest BCUT2D eigenvalue weighted by Crippen LogP contribution is -2.63. The Kier molecular flexibility index (Phi) is 14.6. The van der Waals surface area contributed by atoms with E-state index >= 15 is 0 Å². The number of halogens is 1. The van der Waals surface area contributed by atoms with Crippen molar-refractivity contribution < 1.29 is 48.0 Å². The Bertz CT molecular complexity index is 1600. The van der Waals surface area contributed by atoms with Crippen LogP contribution in [0.25, 0.3) is 0 Å². The summed E-state index contributed by atoms with van der Waals surface area (Å²) in [5, 5.41) is 14.5. The summed E-state index contributed by atoms with van der Waals surface area (Å²) < 4.78 is 29.2. The van der Waals surface area contributed by atoms with Gasteiger partial charge in [-0.05, 0) is 57.6 Å². The molecule has 2 fully saturated rings. The number of nitrogens with zero attached hydrogens (tertiary/aromatic N) is 2. The zero-order chi connectivity index (χ0) is 39.2. The first-order valence-electron chi connectivity index (χ1n) is 17.5. The van der Waals surface area contributed by atoms with Gasteiger partial charge >= 0.3 is 12.1 Å². The molecule has 3 heterocycles. The summed E-state index contributed by atoms with van der Waals surface area (Å²) in [6.07, 6.45) is 3.92. The van der Waals surface area contributed by atoms with Crippen LogP contribution in [0.2, 0.25) is 5.02 Å². The number of carbonyl (C=O) groups is 4. The minimum Gasteiger partial charge on any atom is -0.495 e. The van der Waals surface area contributed by atoms with Gasteiger partial charge in [0.25, 0.3) is 0 Å². The second-order valence-corrected chi connectivity index (χ2v) is 17.1. The molecule has 16 heteroatoms. The fraction of sp³-hybridized carbons (Fsp3) is 0.622. The van der Waals surface area contributed by atoms with E-state index in [0.29, 0.717) is 24.3 Å². The third-order valence-electron chi connectivity index (χ3n) is 10.3. The molecule has 4 bridgehead atoms. The summed E-state index contributed by atoms with van der Waals surface area (Å²) in [7, 11) is 9.35. The fourth-order valence-corrected chi connectivity index (χ4v) is 8.36. The number of likely N-dealkylation sites (N-methyl/N-ethyl adjacent to an activating group) is 1. The molecule has 2 saturated heterocycles. The molecule has 3 aliphatic rings. The van der Waals surface area contributed by atoms with Crippen LogP contribution < -0.4 is 15.0 Å². The van der Waals surface area contributed by atoms with Crippen LogP contribution in [-0.2, 0) is 39.8 Å². The standard InChI is InChI=1S/C37H52ClN3O10S2/c1-21-12-10-13-28(48-8)37(46)20-27(49-35(45)39-37)22(2)33-36(4,51-33)29(50-34(44)23(3)40(5)30(42)14-11-15-53-52-9)19-31(43)41(6)25-17-24(16-21)18-26(47-7)32(25)38/h10,12-13,17-18,22-23,27-29,33,46H,11,14-16,19-20H2,1-9H3,(H,39,45)/b13-10+,21-12-/t22-,23-,27+,28-,29+,33+,36+,37+/m1/s1. The minimum atomic E-state index is -1.82. The average Bonchev–Trinajstić information content (AvgIpc) is 3.81. The molecule has 8 atom stereocenters. The topological polar surface area (TPSA) is 156 Å². The number of epoxide rings is 1. The number of esters is 1. The van der Waals surface area contributed by atoms with Gasteiger partial charge < -0.3 is 38.6 Å². The first-order chi connectivity index (χ1) is 25.0. The van der Waals surface area contributed by atoms with Crippen molar-refractivity contribution in [3.05, 3.63) is 46.5 Å². The van der Waals surface area contributed by atoms with Gasteiger partial charge in [-0.3, -0.25) is 14.9 Å². The van der Waals surface area contributed by atoms with Crippen molar-refractivity contribution in [2.45, 2.75) is 102 Å². The van der Waals surface area contributed by atoms with Crippen molar-refractivity contribution in [3.63, 3.8) is 0 Å². The minimum absolute atomic E-state index is 0.0446. The lowest BCUT2D eigenvalue weighted by Gasteiger charge is -2.42. The van der Waals surface area contributed by atoms with E-state index in [4.69, 9.17) is 35.3 Å². The normalized spacial score (nSPS) is 31.2. The number of ether oxygens (including phenoxy) is 5. The van der Waals surface area contributed by atoms with Gasteiger partial charge in [0, 0.05) is 45.7 Å². The SMILES string of the molecule is COc1cc2cc(c1Cl)N(C)C(=O)C[C@H](OC(=O)[C@@H](C)N(C)C(=O)CCCSSC)[C@]1(C)O[C@H]1[C@H](C)[C@@H]1C[C@@](O)(NC(=O)O1)[C@H](OC)/C=C/C=C(/C)C2. The summed E-state index contributed by atoms with van der Waals surface area (Å²) in [6, 6.07) is 2.64. The van der Waals surface area contributed by atoms with Crippen LogP contribution in [-0.4, -0.2) is 116 Å². The maximum atomic E-state index is 14.1. The predicted octanol–water partition coefficient (Wildman–Crippen LogP) is 5.31. The van der Waals surface area contributed by atoms with Crippen molar-refractivity contribution in [2.24, 2.45) is 5.92 Å². The number of amides is 3. The quantitative estimate of drug-likeness (QED) is 0.137. The summed E-state index contributed by atoms with van der Waals surface area (Å²) in [5.41, 5.74) is -0.881. The number of benzene rings is 1. The van der Waals surface area contributed by atoms with E-state index in [1.54, 1.807) is 80.7 Å². The largest absolute Gasteiger partial charge is 0.495 e. The molecule has 294 valence electrons. The Labute approximate surface area is 324 Å². The number of alkyl carbamates (subject to hydrolysis) is 1. The molecule has 0 spiro atoms. The fourth-order valence-electron chi connectivity index (χ4n) is 6.76. The summed E-state index contributed by atoms with van der Waals surface area (Å²) in [5.74, 6) is -0.675. The molecule has 1 aromatic rings. The Hall–Kier alpha value is -2.95. The monoisotopic (exact) mass is 797 g/mol. The van der Waals surface area contributed by atoms with E-state index in [9.17, 15) is 24.3 Å². The summed E-state index contributed by atoms with van der Waals surface area (Å²) in [4.78, 5) is 56.4. The number of nitrogens with one attached hydrogen (secondary N) is 1. The zero-order valence-electron chi connectivity index (χ0n) is 31.8. The van der Waals surface area contributed by atoms with Gasteiger partial charge in [0.1, 0.15) is 40.7 Å². The number of carbonyl (C=O) groups excluding carboxylic acids is 4. The average molecular weight is 798 g/mol. The molecule has 13 nitrogen and oxygen atoms in total. The van der Waals surface area contributed by atoms with E-state index in [1.165, 1.54) is 24.0 Å². The van der Waals surface area contributed by atoms with Crippen LogP contribution in [0.1, 0.15) is 58.9 Å². The number of aliphatic hydroxyl groups is 1. The number of hydrogen-bond acceptors (Lipinski definition) is 12. The number of methoxy groups -OCH3 is 2. The molecule has 0 unspecified atom stereocenters. The highest BCUT2D eigenvalue weighted by Crippen LogP contribution is 2.49. The van der Waals surface area contributed by atoms with Crippen LogP contribution in [0.5, 0.6) is 5.75 Å². The third kappa shape index (κ3) is 10.0. The predicted molar refractivity (Wildman–Crippen MR) is 206 cm³/mol. The Morgan fingerprint density at radius 1 is 1.26 bits per heavy atom. The third-order valence-corrected chi connectivity index (χ3v) is 12.5. The van der Waals surface area contributed by atoms with Crippen LogP contribution in [0.3, 0.4) is 0 Å². The van der Waals surface area contributed by atoms with Crippen molar-refractivity contribution >= 4 is 62.8 Å². The molecule has 4 rings (SSSR count).